The summed E-state index contributed by atoms with van der Waals surface area (Å²) in [5.41, 5.74) is 0.752. The van der Waals surface area contributed by atoms with Gasteiger partial charge in [0.1, 0.15) is 21.8 Å². The van der Waals surface area contributed by atoms with Crippen molar-refractivity contribution in [3.63, 3.8) is 0 Å². The molecule has 0 atom stereocenters. The lowest BCUT2D eigenvalue weighted by atomic mass is 10.1. The van der Waals surface area contributed by atoms with Gasteiger partial charge >= 0.3 is 5.63 Å². The monoisotopic (exact) mass is 359 g/mol. The molecule has 106 valence electrons. The van der Waals surface area contributed by atoms with Crippen molar-refractivity contribution in [2.24, 2.45) is 0 Å². The maximum Gasteiger partial charge on any atom is 0.351 e. The van der Waals surface area contributed by atoms with Crippen LogP contribution in [0.3, 0.4) is 0 Å². The standard InChI is InChI=1S/C13H11BrClNO4/c1-6-7-3-4-8(19-2)11(16-9(17)5-15)12(7)20-13(18)10(6)14/h3-4H,5H2,1-2H3,(H,16,17). The Morgan fingerprint density at radius 3 is 2.80 bits per heavy atom. The molecule has 0 fully saturated rings. The first kappa shape index (κ1) is 14.9. The van der Waals surface area contributed by atoms with E-state index in [4.69, 9.17) is 20.8 Å². The van der Waals surface area contributed by atoms with E-state index in [0.29, 0.717) is 21.3 Å². The first-order valence-corrected chi connectivity index (χ1v) is 6.98. The molecule has 1 aromatic carbocycles. The summed E-state index contributed by atoms with van der Waals surface area (Å²) < 4.78 is 10.8. The number of hydrogen-bond donors (Lipinski definition) is 1. The number of methoxy groups -OCH3 is 1. The molecule has 0 aliphatic rings. The van der Waals surface area contributed by atoms with Gasteiger partial charge in [0.25, 0.3) is 0 Å². The number of alkyl halides is 1. The average molecular weight is 361 g/mol. The quantitative estimate of drug-likeness (QED) is 0.675. The number of carbonyl (C=O) groups is 1. The molecule has 1 amide bonds. The SMILES string of the molecule is COc1ccc2c(C)c(Br)c(=O)oc2c1NC(=O)CCl. The summed E-state index contributed by atoms with van der Waals surface area (Å²) in [7, 11) is 1.46. The van der Waals surface area contributed by atoms with E-state index in [0.717, 1.165) is 5.56 Å². The second-order valence-corrected chi connectivity index (χ2v) is 5.09. The number of benzene rings is 1. The highest BCUT2D eigenvalue weighted by molar-refractivity contribution is 9.10. The fourth-order valence-corrected chi connectivity index (χ4v) is 2.20. The third-order valence-corrected chi connectivity index (χ3v) is 3.99. The molecule has 0 aliphatic carbocycles. The number of anilines is 1. The molecule has 1 heterocycles. The van der Waals surface area contributed by atoms with E-state index in [1.54, 1.807) is 19.1 Å². The third kappa shape index (κ3) is 2.53. The summed E-state index contributed by atoms with van der Waals surface area (Å²) in [6.45, 7) is 1.78. The van der Waals surface area contributed by atoms with Crippen LogP contribution in [0.15, 0.2) is 25.8 Å². The van der Waals surface area contributed by atoms with Crippen molar-refractivity contribution in [3.8, 4) is 5.75 Å². The van der Waals surface area contributed by atoms with Crippen LogP contribution in [0, 0.1) is 6.92 Å². The highest BCUT2D eigenvalue weighted by Gasteiger charge is 2.17. The van der Waals surface area contributed by atoms with Gasteiger partial charge in [-0.25, -0.2) is 4.79 Å². The van der Waals surface area contributed by atoms with E-state index >= 15 is 0 Å². The maximum atomic E-state index is 11.8. The number of fused-ring (bicyclic) bond motifs is 1. The lowest BCUT2D eigenvalue weighted by molar-refractivity contribution is -0.113. The second-order valence-electron chi connectivity index (χ2n) is 4.03. The third-order valence-electron chi connectivity index (χ3n) is 2.83. The number of carbonyl (C=O) groups excluding carboxylic acids is 1. The van der Waals surface area contributed by atoms with Crippen LogP contribution in [0.25, 0.3) is 11.0 Å². The molecule has 20 heavy (non-hydrogen) atoms. The van der Waals surface area contributed by atoms with Crippen molar-refractivity contribution in [1.29, 1.82) is 0 Å². The lowest BCUT2D eigenvalue weighted by Crippen LogP contribution is -2.14. The molecule has 7 heteroatoms. The van der Waals surface area contributed by atoms with Gasteiger partial charge in [-0.3, -0.25) is 4.79 Å². The zero-order chi connectivity index (χ0) is 14.9. The summed E-state index contributed by atoms with van der Waals surface area (Å²) in [4.78, 5) is 23.3. The predicted molar refractivity (Wildman–Crippen MR) is 80.8 cm³/mol. The van der Waals surface area contributed by atoms with Gasteiger partial charge in [-0.2, -0.15) is 0 Å². The number of nitrogens with one attached hydrogen (secondary N) is 1. The van der Waals surface area contributed by atoms with Crippen LogP contribution >= 0.6 is 27.5 Å². The van der Waals surface area contributed by atoms with Crippen molar-refractivity contribution in [1.82, 2.24) is 0 Å². The van der Waals surface area contributed by atoms with Crippen LogP contribution in [0.2, 0.25) is 0 Å². The zero-order valence-corrected chi connectivity index (χ0v) is 13.1. The summed E-state index contributed by atoms with van der Waals surface area (Å²) in [5, 5.41) is 3.28. The molecule has 0 unspecified atom stereocenters. The summed E-state index contributed by atoms with van der Waals surface area (Å²) in [6.07, 6.45) is 0. The highest BCUT2D eigenvalue weighted by atomic mass is 79.9. The van der Waals surface area contributed by atoms with E-state index in [2.05, 4.69) is 21.2 Å². The molecule has 1 N–H and O–H groups in total. The van der Waals surface area contributed by atoms with Crippen molar-refractivity contribution >= 4 is 50.1 Å². The minimum Gasteiger partial charge on any atom is -0.494 e. The number of amides is 1. The highest BCUT2D eigenvalue weighted by Crippen LogP contribution is 2.35. The van der Waals surface area contributed by atoms with E-state index < -0.39 is 11.5 Å². The number of aryl methyl sites for hydroxylation is 1. The van der Waals surface area contributed by atoms with Crippen molar-refractivity contribution < 1.29 is 13.9 Å². The normalized spacial score (nSPS) is 10.6. The molecular formula is C13H11BrClNO4. The van der Waals surface area contributed by atoms with Gasteiger partial charge in [0.2, 0.25) is 5.91 Å². The van der Waals surface area contributed by atoms with Gasteiger partial charge < -0.3 is 14.5 Å². The van der Waals surface area contributed by atoms with Crippen molar-refractivity contribution in [2.75, 3.05) is 18.3 Å². The van der Waals surface area contributed by atoms with Crippen LogP contribution in [-0.4, -0.2) is 18.9 Å². The number of hydrogen-bond acceptors (Lipinski definition) is 4. The van der Waals surface area contributed by atoms with Crippen LogP contribution in [0.1, 0.15) is 5.56 Å². The molecule has 1 aromatic heterocycles. The molecule has 0 spiro atoms. The smallest absolute Gasteiger partial charge is 0.351 e. The number of halogens is 2. The first-order valence-electron chi connectivity index (χ1n) is 5.65. The van der Waals surface area contributed by atoms with Gasteiger partial charge in [-0.05, 0) is 40.5 Å². The minimum atomic E-state index is -0.523. The number of ether oxygens (including phenoxy) is 1. The van der Waals surface area contributed by atoms with E-state index in [1.165, 1.54) is 7.11 Å². The minimum absolute atomic E-state index is 0.209. The zero-order valence-electron chi connectivity index (χ0n) is 10.8. The number of rotatable bonds is 3. The first-order chi connectivity index (χ1) is 9.49. The average Bonchev–Trinajstić information content (AvgIpc) is 2.45. The fraction of sp³-hybridized carbons (Fsp3) is 0.231. The summed E-state index contributed by atoms with van der Waals surface area (Å²) in [6, 6.07) is 3.44. The van der Waals surface area contributed by atoms with Crippen molar-refractivity contribution in [2.45, 2.75) is 6.92 Å². The Morgan fingerprint density at radius 2 is 2.20 bits per heavy atom. The lowest BCUT2D eigenvalue weighted by Gasteiger charge is -2.12. The molecular weight excluding hydrogens is 350 g/mol. The van der Waals surface area contributed by atoms with E-state index in [9.17, 15) is 9.59 Å². The molecule has 5 nitrogen and oxygen atoms in total. The molecule has 0 saturated heterocycles. The Labute approximate surface area is 128 Å². The van der Waals surface area contributed by atoms with Gasteiger partial charge in [0.05, 0.1) is 7.11 Å². The van der Waals surface area contributed by atoms with Crippen LogP contribution in [-0.2, 0) is 4.79 Å². The molecule has 0 bridgehead atoms. The summed E-state index contributed by atoms with van der Waals surface area (Å²) in [5.74, 6) is -0.235. The molecule has 0 aliphatic heterocycles. The molecule has 0 radical (unpaired) electrons. The Kier molecular flexibility index (Phi) is 4.35. The molecule has 2 aromatic rings. The van der Waals surface area contributed by atoms with Crippen LogP contribution in [0.4, 0.5) is 5.69 Å². The van der Waals surface area contributed by atoms with Crippen molar-refractivity contribution in [3.05, 3.63) is 32.6 Å². The Hall–Kier alpha value is -1.53. The van der Waals surface area contributed by atoms with Gasteiger partial charge in [0, 0.05) is 5.39 Å². The fourth-order valence-electron chi connectivity index (χ4n) is 1.84. The molecule has 2 rings (SSSR count). The van der Waals surface area contributed by atoms with E-state index in [-0.39, 0.29) is 11.5 Å². The second kappa shape index (κ2) is 5.85. The Bertz CT molecular complexity index is 741. The molecule has 0 saturated carbocycles. The van der Waals surface area contributed by atoms with E-state index in [1.807, 2.05) is 0 Å². The Balaban J connectivity index is 2.80. The topological polar surface area (TPSA) is 68.5 Å². The van der Waals surface area contributed by atoms with Gasteiger partial charge in [0.15, 0.2) is 5.58 Å². The van der Waals surface area contributed by atoms with Crippen LogP contribution in [0.5, 0.6) is 5.75 Å². The maximum absolute atomic E-state index is 11.8. The Morgan fingerprint density at radius 1 is 1.50 bits per heavy atom. The van der Waals surface area contributed by atoms with Gasteiger partial charge in [-0.15, -0.1) is 11.6 Å². The summed E-state index contributed by atoms with van der Waals surface area (Å²) >= 11 is 8.66. The largest absolute Gasteiger partial charge is 0.494 e. The van der Waals surface area contributed by atoms with Gasteiger partial charge in [-0.1, -0.05) is 0 Å². The van der Waals surface area contributed by atoms with Crippen LogP contribution < -0.4 is 15.7 Å². The predicted octanol–water partition coefficient (Wildman–Crippen LogP) is 3.05.